The molecule has 0 spiro atoms. The van der Waals surface area contributed by atoms with E-state index < -0.39 is 0 Å². The highest BCUT2D eigenvalue weighted by Crippen LogP contribution is 2.02. The van der Waals surface area contributed by atoms with Gasteiger partial charge in [-0.15, -0.1) is 24.0 Å². The Balaban J connectivity index is 0.00000625. The lowest BCUT2D eigenvalue weighted by atomic mass is 10.2. The molecule has 0 amide bonds. The van der Waals surface area contributed by atoms with Crippen LogP contribution in [-0.4, -0.2) is 56.7 Å². The van der Waals surface area contributed by atoms with Gasteiger partial charge >= 0.3 is 0 Å². The Labute approximate surface area is 176 Å². The molecule has 2 N–H and O–H groups in total. The van der Waals surface area contributed by atoms with Crippen LogP contribution in [0.2, 0.25) is 0 Å². The Bertz CT molecular complexity index is 452. The van der Waals surface area contributed by atoms with Crippen molar-refractivity contribution in [3.05, 3.63) is 24.2 Å². The monoisotopic (exact) mass is 480 g/mol. The molecule has 7 heteroatoms. The summed E-state index contributed by atoms with van der Waals surface area (Å²) in [6.45, 7) is 11.5. The summed E-state index contributed by atoms with van der Waals surface area (Å²) in [7, 11) is 2.18. The van der Waals surface area contributed by atoms with E-state index in [1.807, 2.05) is 12.1 Å². The van der Waals surface area contributed by atoms with Gasteiger partial charge in [0.25, 0.3) is 0 Å². The van der Waals surface area contributed by atoms with Crippen LogP contribution in [0.25, 0.3) is 0 Å². The fourth-order valence-corrected chi connectivity index (χ4v) is 2.22. The van der Waals surface area contributed by atoms with E-state index in [0.29, 0.717) is 19.3 Å². The average Bonchev–Trinajstić information content (AvgIpc) is 3.10. The lowest BCUT2D eigenvalue weighted by Crippen LogP contribution is -2.38. The number of ether oxygens (including phenoxy) is 1. The summed E-state index contributed by atoms with van der Waals surface area (Å²) in [5.41, 5.74) is 0. The van der Waals surface area contributed by atoms with Crippen LogP contribution in [0.15, 0.2) is 27.8 Å². The van der Waals surface area contributed by atoms with Crippen molar-refractivity contribution in [2.45, 2.75) is 52.7 Å². The zero-order valence-electron chi connectivity index (χ0n) is 16.8. The molecule has 1 aromatic heterocycles. The van der Waals surface area contributed by atoms with E-state index in [-0.39, 0.29) is 24.0 Å². The predicted octanol–water partition coefficient (Wildman–Crippen LogP) is 3.48. The molecule has 1 aromatic rings. The van der Waals surface area contributed by atoms with Gasteiger partial charge in [0.15, 0.2) is 5.96 Å². The first-order chi connectivity index (χ1) is 12.1. The van der Waals surface area contributed by atoms with Crippen molar-refractivity contribution in [1.82, 2.24) is 15.5 Å². The Kier molecular flexibility index (Phi) is 15.9. The third-order valence-corrected chi connectivity index (χ3v) is 4.00. The van der Waals surface area contributed by atoms with Crippen LogP contribution in [0, 0.1) is 0 Å². The maximum Gasteiger partial charge on any atom is 0.191 e. The highest BCUT2D eigenvalue weighted by atomic mass is 127. The summed E-state index contributed by atoms with van der Waals surface area (Å²) in [5.74, 6) is 1.76. The highest BCUT2D eigenvalue weighted by molar-refractivity contribution is 14.0. The number of aliphatic imine (C=N–C) groups is 1. The summed E-state index contributed by atoms with van der Waals surface area (Å²) >= 11 is 0. The highest BCUT2D eigenvalue weighted by Gasteiger charge is 2.02. The second-order valence-corrected chi connectivity index (χ2v) is 6.45. The van der Waals surface area contributed by atoms with Crippen LogP contribution < -0.4 is 10.6 Å². The lowest BCUT2D eigenvalue weighted by Gasteiger charge is -2.20. The molecular weight excluding hydrogens is 443 g/mol. The van der Waals surface area contributed by atoms with Gasteiger partial charge in [0.05, 0.1) is 6.26 Å². The Morgan fingerprint density at radius 1 is 1.27 bits per heavy atom. The predicted molar refractivity (Wildman–Crippen MR) is 119 cm³/mol. The van der Waals surface area contributed by atoms with Gasteiger partial charge in [-0.05, 0) is 65.8 Å². The molecule has 0 atom stereocenters. The van der Waals surface area contributed by atoms with E-state index in [1.54, 1.807) is 6.26 Å². The standard InChI is InChI=1S/C19H36N4O2.HI/c1-5-20-19(21-11-6-7-13-23(4)17(2)3)22-12-9-14-24-16-18-10-8-15-25-18;/h8,10,15,17H,5-7,9,11-14,16H2,1-4H3,(H2,20,21,22);1H. The molecule has 1 heterocycles. The van der Waals surface area contributed by atoms with Gasteiger partial charge in [0.1, 0.15) is 12.4 Å². The van der Waals surface area contributed by atoms with Gasteiger partial charge in [-0.25, -0.2) is 0 Å². The van der Waals surface area contributed by atoms with Crippen molar-refractivity contribution in [3.63, 3.8) is 0 Å². The van der Waals surface area contributed by atoms with Gasteiger partial charge in [-0.1, -0.05) is 0 Å². The number of nitrogens with zero attached hydrogens (tertiary/aromatic N) is 2. The Morgan fingerprint density at radius 2 is 2.08 bits per heavy atom. The van der Waals surface area contributed by atoms with E-state index >= 15 is 0 Å². The molecule has 0 aliphatic carbocycles. The van der Waals surface area contributed by atoms with E-state index in [2.05, 4.69) is 48.3 Å². The first-order valence-electron chi connectivity index (χ1n) is 9.46. The maximum atomic E-state index is 5.57. The molecule has 0 saturated heterocycles. The number of nitrogens with one attached hydrogen (secondary N) is 2. The van der Waals surface area contributed by atoms with Crippen LogP contribution in [0.3, 0.4) is 0 Å². The minimum atomic E-state index is 0. The summed E-state index contributed by atoms with van der Waals surface area (Å²) in [5, 5.41) is 6.69. The number of rotatable bonds is 13. The van der Waals surface area contributed by atoms with Crippen LogP contribution in [0.4, 0.5) is 0 Å². The second kappa shape index (κ2) is 16.4. The first-order valence-corrected chi connectivity index (χ1v) is 9.46. The van der Waals surface area contributed by atoms with Crippen LogP contribution in [0.5, 0.6) is 0 Å². The quantitative estimate of drug-likeness (QED) is 0.196. The molecule has 152 valence electrons. The molecule has 1 rings (SSSR count). The number of hydrogen-bond donors (Lipinski definition) is 2. The number of halogens is 1. The van der Waals surface area contributed by atoms with E-state index in [4.69, 9.17) is 9.15 Å². The lowest BCUT2D eigenvalue weighted by molar-refractivity contribution is 0.105. The summed E-state index contributed by atoms with van der Waals surface area (Å²) in [6, 6.07) is 4.41. The largest absolute Gasteiger partial charge is 0.467 e. The van der Waals surface area contributed by atoms with Crippen molar-refractivity contribution >= 4 is 29.9 Å². The van der Waals surface area contributed by atoms with Crippen LogP contribution in [0.1, 0.15) is 45.8 Å². The normalized spacial score (nSPS) is 11.7. The fourth-order valence-electron chi connectivity index (χ4n) is 2.22. The summed E-state index contributed by atoms with van der Waals surface area (Å²) < 4.78 is 10.8. The van der Waals surface area contributed by atoms with E-state index in [9.17, 15) is 0 Å². The van der Waals surface area contributed by atoms with Crippen molar-refractivity contribution in [2.24, 2.45) is 4.99 Å². The van der Waals surface area contributed by atoms with Gasteiger partial charge in [-0.3, -0.25) is 4.99 Å². The SMILES string of the molecule is CCNC(=NCCCOCc1ccco1)NCCCCN(C)C(C)C.I. The van der Waals surface area contributed by atoms with Gasteiger partial charge in [-0.2, -0.15) is 0 Å². The molecule has 0 aromatic carbocycles. The molecule has 0 radical (unpaired) electrons. The fraction of sp³-hybridized carbons (Fsp3) is 0.737. The van der Waals surface area contributed by atoms with Crippen molar-refractivity contribution in [3.8, 4) is 0 Å². The average molecular weight is 480 g/mol. The topological polar surface area (TPSA) is 62.0 Å². The molecule has 0 unspecified atom stereocenters. The molecule has 0 saturated carbocycles. The first kappa shape index (κ1) is 25.2. The summed E-state index contributed by atoms with van der Waals surface area (Å²) in [6.07, 6.45) is 4.91. The third-order valence-electron chi connectivity index (χ3n) is 4.00. The maximum absolute atomic E-state index is 5.57. The molecule has 26 heavy (non-hydrogen) atoms. The van der Waals surface area contributed by atoms with Crippen LogP contribution in [-0.2, 0) is 11.3 Å². The minimum absolute atomic E-state index is 0. The van der Waals surface area contributed by atoms with Gasteiger partial charge in [0, 0.05) is 32.3 Å². The molecular formula is C19H37IN4O2. The second-order valence-electron chi connectivity index (χ2n) is 6.45. The number of furan rings is 1. The molecule has 0 aliphatic heterocycles. The zero-order valence-corrected chi connectivity index (χ0v) is 19.1. The van der Waals surface area contributed by atoms with Gasteiger partial charge < -0.3 is 24.7 Å². The Morgan fingerprint density at radius 3 is 2.73 bits per heavy atom. The van der Waals surface area contributed by atoms with Gasteiger partial charge in [0.2, 0.25) is 0 Å². The van der Waals surface area contributed by atoms with Crippen LogP contribution >= 0.6 is 24.0 Å². The zero-order chi connectivity index (χ0) is 18.3. The molecule has 0 bridgehead atoms. The van der Waals surface area contributed by atoms with E-state index in [0.717, 1.165) is 50.7 Å². The summed E-state index contributed by atoms with van der Waals surface area (Å²) in [4.78, 5) is 6.97. The third kappa shape index (κ3) is 12.5. The minimum Gasteiger partial charge on any atom is -0.467 e. The number of guanidine groups is 1. The van der Waals surface area contributed by atoms with Crippen molar-refractivity contribution < 1.29 is 9.15 Å². The molecule has 6 nitrogen and oxygen atoms in total. The Hall–Kier alpha value is -0.800. The van der Waals surface area contributed by atoms with E-state index in [1.165, 1.54) is 6.42 Å². The smallest absolute Gasteiger partial charge is 0.191 e. The molecule has 0 fully saturated rings. The number of unbranched alkanes of at least 4 members (excludes halogenated alkanes) is 1. The molecule has 0 aliphatic rings. The van der Waals surface area contributed by atoms with Crippen molar-refractivity contribution in [1.29, 1.82) is 0 Å². The van der Waals surface area contributed by atoms with Crippen molar-refractivity contribution in [2.75, 3.05) is 39.8 Å². The number of hydrogen-bond acceptors (Lipinski definition) is 4.